The molecule has 0 radical (unpaired) electrons. The lowest BCUT2D eigenvalue weighted by Crippen LogP contribution is -2.30. The number of rotatable bonds is 8. The summed E-state index contributed by atoms with van der Waals surface area (Å²) in [6.07, 6.45) is 7.89. The van der Waals surface area contributed by atoms with Gasteiger partial charge in [0.05, 0.1) is 54.4 Å². The van der Waals surface area contributed by atoms with E-state index in [1.165, 1.54) is 4.57 Å². The predicted molar refractivity (Wildman–Crippen MR) is 182 cm³/mol. The molecule has 4 aromatic heterocycles. The van der Waals surface area contributed by atoms with Crippen molar-refractivity contribution in [1.82, 2.24) is 34.4 Å². The third-order valence-corrected chi connectivity index (χ3v) is 8.83. The van der Waals surface area contributed by atoms with Gasteiger partial charge in [0.25, 0.3) is 11.5 Å². The van der Waals surface area contributed by atoms with Gasteiger partial charge in [0.15, 0.2) is 6.23 Å². The normalized spacial score (nSPS) is 14.8. The maximum absolute atomic E-state index is 14.4. The number of anilines is 1. The standard InChI is InChI=1S/C35H36N8O5/c1-20-8-13-27-25(18-39-43(27)29-7-5-6-14-48-29)32(20)42-33(36)30(34(44)37-16-21-9-10-23(46-3)15-28(21)47-4)31-24(35(42)45)11-12-26(40-31)22-17-38-41(2)19-22/h8-13,15,17-19,29H,5-7,14,16,36H2,1-4H3,(H,37,44). The van der Waals surface area contributed by atoms with Crippen molar-refractivity contribution in [3.8, 4) is 28.4 Å². The number of aryl methyl sites for hydroxylation is 2. The minimum absolute atomic E-state index is 0.0419. The number of nitrogens with zero attached hydrogens (tertiary/aromatic N) is 6. The lowest BCUT2D eigenvalue weighted by atomic mass is 10.1. The Balaban J connectivity index is 1.41. The molecule has 1 unspecified atom stereocenters. The highest BCUT2D eigenvalue weighted by atomic mass is 16.5. The van der Waals surface area contributed by atoms with Crippen LogP contribution in [0.2, 0.25) is 0 Å². The summed E-state index contributed by atoms with van der Waals surface area (Å²) in [7, 11) is 4.93. The number of nitrogens with one attached hydrogen (secondary N) is 1. The molecule has 1 aliphatic rings. The number of carbonyl (C=O) groups excluding carboxylic acids is 1. The van der Waals surface area contributed by atoms with Crippen LogP contribution in [0.5, 0.6) is 11.5 Å². The van der Waals surface area contributed by atoms with E-state index in [1.807, 2.05) is 36.0 Å². The summed E-state index contributed by atoms with van der Waals surface area (Å²) in [6.45, 7) is 2.69. The highest BCUT2D eigenvalue weighted by Gasteiger charge is 2.27. The van der Waals surface area contributed by atoms with Crippen LogP contribution in [0.25, 0.3) is 38.8 Å². The average molecular weight is 649 g/mol. The van der Waals surface area contributed by atoms with Crippen molar-refractivity contribution in [2.24, 2.45) is 7.05 Å². The summed E-state index contributed by atoms with van der Waals surface area (Å²) < 4.78 is 21.8. The quantitative estimate of drug-likeness (QED) is 0.240. The number of nitrogens with two attached hydrogens (primary N) is 1. The predicted octanol–water partition coefficient (Wildman–Crippen LogP) is 4.67. The summed E-state index contributed by atoms with van der Waals surface area (Å²) in [4.78, 5) is 33.5. The number of ether oxygens (including phenoxy) is 3. The molecule has 246 valence electrons. The van der Waals surface area contributed by atoms with Crippen molar-refractivity contribution < 1.29 is 19.0 Å². The molecule has 1 saturated heterocycles. The largest absolute Gasteiger partial charge is 0.497 e. The van der Waals surface area contributed by atoms with Gasteiger partial charge in [-0.2, -0.15) is 10.2 Å². The van der Waals surface area contributed by atoms with Crippen LogP contribution in [0.15, 0.2) is 65.8 Å². The Bertz CT molecular complexity index is 2250. The minimum atomic E-state index is -0.504. The lowest BCUT2D eigenvalue weighted by Gasteiger charge is -2.24. The van der Waals surface area contributed by atoms with Gasteiger partial charge in [-0.25, -0.2) is 9.67 Å². The number of methoxy groups -OCH3 is 2. The number of hydrogen-bond acceptors (Lipinski definition) is 9. The molecule has 0 bridgehead atoms. The molecule has 0 spiro atoms. The molecule has 0 saturated carbocycles. The smallest absolute Gasteiger partial charge is 0.266 e. The van der Waals surface area contributed by atoms with E-state index in [0.717, 1.165) is 41.5 Å². The average Bonchev–Trinajstić information content (AvgIpc) is 3.74. The maximum atomic E-state index is 14.4. The van der Waals surface area contributed by atoms with Gasteiger partial charge in [0, 0.05) is 49.0 Å². The number of carbonyl (C=O) groups is 1. The zero-order chi connectivity index (χ0) is 33.5. The molecule has 1 aliphatic heterocycles. The summed E-state index contributed by atoms with van der Waals surface area (Å²) >= 11 is 0. The van der Waals surface area contributed by atoms with E-state index in [4.69, 9.17) is 24.9 Å². The van der Waals surface area contributed by atoms with Gasteiger partial charge in [-0.15, -0.1) is 0 Å². The molecule has 48 heavy (non-hydrogen) atoms. The SMILES string of the molecule is COc1ccc(CNC(=O)c2c(N)n(-c3c(C)ccc4c3cnn4C3CCCCO3)c(=O)c3ccc(-c4cnn(C)c4)nc23)c(OC)c1. The monoisotopic (exact) mass is 648 g/mol. The van der Waals surface area contributed by atoms with Crippen molar-refractivity contribution >= 4 is 33.5 Å². The van der Waals surface area contributed by atoms with Crippen LogP contribution in [0, 0.1) is 6.92 Å². The molecule has 1 fully saturated rings. The van der Waals surface area contributed by atoms with Crippen LogP contribution in [0.1, 0.15) is 47.0 Å². The van der Waals surface area contributed by atoms with Crippen LogP contribution in [-0.4, -0.2) is 55.8 Å². The van der Waals surface area contributed by atoms with Crippen LogP contribution < -0.4 is 26.1 Å². The highest BCUT2D eigenvalue weighted by molar-refractivity contribution is 6.10. The summed E-state index contributed by atoms with van der Waals surface area (Å²) in [5, 5.41) is 12.9. The van der Waals surface area contributed by atoms with Crippen LogP contribution in [0.3, 0.4) is 0 Å². The maximum Gasteiger partial charge on any atom is 0.266 e. The summed E-state index contributed by atoms with van der Waals surface area (Å²) in [5.41, 5.74) is 10.9. The second-order valence-electron chi connectivity index (χ2n) is 11.8. The van der Waals surface area contributed by atoms with Gasteiger partial charge in [-0.3, -0.25) is 18.8 Å². The molecule has 6 aromatic rings. The Kier molecular flexibility index (Phi) is 8.05. The van der Waals surface area contributed by atoms with Gasteiger partial charge >= 0.3 is 0 Å². The third kappa shape index (κ3) is 5.31. The molecule has 13 nitrogen and oxygen atoms in total. The molecule has 1 atom stereocenters. The fourth-order valence-electron chi connectivity index (χ4n) is 6.37. The van der Waals surface area contributed by atoms with Crippen molar-refractivity contribution in [2.75, 3.05) is 26.6 Å². The number of aromatic nitrogens is 6. The molecular weight excluding hydrogens is 612 g/mol. The first-order chi connectivity index (χ1) is 23.3. The van der Waals surface area contributed by atoms with Crippen molar-refractivity contribution in [1.29, 1.82) is 0 Å². The number of benzene rings is 2. The molecule has 3 N–H and O–H groups in total. The summed E-state index contributed by atoms with van der Waals surface area (Å²) in [5.74, 6) is 0.630. The van der Waals surface area contributed by atoms with Crippen LogP contribution in [0.4, 0.5) is 5.82 Å². The number of hydrogen-bond donors (Lipinski definition) is 2. The van der Waals surface area contributed by atoms with Crippen molar-refractivity contribution in [3.63, 3.8) is 0 Å². The summed E-state index contributed by atoms with van der Waals surface area (Å²) in [6, 6.07) is 12.7. The number of pyridine rings is 2. The zero-order valence-corrected chi connectivity index (χ0v) is 27.2. The van der Waals surface area contributed by atoms with E-state index >= 15 is 0 Å². The Labute approximate surface area is 275 Å². The number of amides is 1. The van der Waals surface area contributed by atoms with E-state index in [1.54, 1.807) is 62.6 Å². The second-order valence-corrected chi connectivity index (χ2v) is 11.8. The molecule has 0 aliphatic carbocycles. The molecule has 2 aromatic carbocycles. The molecule has 13 heteroatoms. The first-order valence-corrected chi connectivity index (χ1v) is 15.7. The Morgan fingerprint density at radius 3 is 2.65 bits per heavy atom. The number of fused-ring (bicyclic) bond motifs is 2. The highest BCUT2D eigenvalue weighted by Crippen LogP contribution is 2.34. The van der Waals surface area contributed by atoms with Crippen molar-refractivity contribution in [2.45, 2.75) is 39.0 Å². The van der Waals surface area contributed by atoms with Gasteiger partial charge in [0.1, 0.15) is 22.9 Å². The fraction of sp³-hybridized carbons (Fsp3) is 0.286. The second kappa shape index (κ2) is 12.5. The lowest BCUT2D eigenvalue weighted by molar-refractivity contribution is -0.0366. The fourth-order valence-corrected chi connectivity index (χ4v) is 6.37. The molecule has 7 rings (SSSR count). The van der Waals surface area contributed by atoms with Crippen LogP contribution in [-0.2, 0) is 18.3 Å². The Morgan fingerprint density at radius 1 is 1.06 bits per heavy atom. The molecule has 5 heterocycles. The molecule has 1 amide bonds. The van der Waals surface area contributed by atoms with E-state index in [9.17, 15) is 9.59 Å². The molecular formula is C35H36N8O5. The Hall–Kier alpha value is -5.69. The van der Waals surface area contributed by atoms with E-state index in [-0.39, 0.29) is 35.1 Å². The third-order valence-electron chi connectivity index (χ3n) is 8.83. The van der Waals surface area contributed by atoms with Crippen LogP contribution >= 0.6 is 0 Å². The van der Waals surface area contributed by atoms with Gasteiger partial charge in [0.2, 0.25) is 0 Å². The van der Waals surface area contributed by atoms with Gasteiger partial charge in [-0.1, -0.05) is 6.07 Å². The van der Waals surface area contributed by atoms with Crippen molar-refractivity contribution in [3.05, 3.63) is 88.1 Å². The van der Waals surface area contributed by atoms with Gasteiger partial charge < -0.3 is 25.3 Å². The topological polar surface area (TPSA) is 153 Å². The zero-order valence-electron chi connectivity index (χ0n) is 27.2. The van der Waals surface area contributed by atoms with E-state index in [2.05, 4.69) is 15.5 Å². The minimum Gasteiger partial charge on any atom is -0.497 e. The number of nitrogen functional groups attached to an aromatic ring is 1. The van der Waals surface area contributed by atoms with Gasteiger partial charge in [-0.05, 0) is 62.1 Å². The Morgan fingerprint density at radius 2 is 1.92 bits per heavy atom. The first kappa shape index (κ1) is 30.9. The van der Waals surface area contributed by atoms with E-state index < -0.39 is 11.5 Å². The van der Waals surface area contributed by atoms with E-state index in [0.29, 0.717) is 34.9 Å². The first-order valence-electron chi connectivity index (χ1n) is 15.7.